The first-order valence-corrected chi connectivity index (χ1v) is 9.10. The standard InChI is InChI=1S/C22H29N3O2/c1-14-10-16(3)22(17(4)11-14)24-20(26)12-23-21(27)13-25(6)19-9-7-8-15(2)18(19)5/h7-11H,12-13H2,1-6H3,(H,23,27)(H,24,26). The van der Waals surface area contributed by atoms with Crippen molar-refractivity contribution in [3.05, 3.63) is 58.1 Å². The van der Waals surface area contributed by atoms with E-state index in [9.17, 15) is 9.59 Å². The van der Waals surface area contributed by atoms with Gasteiger partial charge in [-0.2, -0.15) is 0 Å². The molecule has 5 heteroatoms. The number of aryl methyl sites for hydroxylation is 4. The fraction of sp³-hybridized carbons (Fsp3) is 0.364. The first kappa shape index (κ1) is 20.5. The van der Waals surface area contributed by atoms with Crippen LogP contribution < -0.4 is 15.5 Å². The second-order valence-electron chi connectivity index (χ2n) is 7.17. The maximum Gasteiger partial charge on any atom is 0.243 e. The predicted molar refractivity (Wildman–Crippen MR) is 111 cm³/mol. The first-order chi connectivity index (χ1) is 12.7. The average molecular weight is 367 g/mol. The van der Waals surface area contributed by atoms with E-state index in [1.807, 2.05) is 76.9 Å². The molecule has 144 valence electrons. The number of nitrogens with one attached hydrogen (secondary N) is 2. The van der Waals surface area contributed by atoms with Crippen molar-refractivity contribution in [1.82, 2.24) is 5.32 Å². The van der Waals surface area contributed by atoms with Crippen LogP contribution in [0.2, 0.25) is 0 Å². The van der Waals surface area contributed by atoms with Gasteiger partial charge >= 0.3 is 0 Å². The van der Waals surface area contributed by atoms with Crippen LogP contribution in [0.1, 0.15) is 27.8 Å². The van der Waals surface area contributed by atoms with E-state index in [-0.39, 0.29) is 24.9 Å². The van der Waals surface area contributed by atoms with Crippen LogP contribution in [0.5, 0.6) is 0 Å². The third kappa shape index (κ3) is 5.33. The predicted octanol–water partition coefficient (Wildman–Crippen LogP) is 3.42. The summed E-state index contributed by atoms with van der Waals surface area (Å²) >= 11 is 0. The molecule has 2 rings (SSSR count). The Kier molecular flexibility index (Phi) is 6.61. The Balaban J connectivity index is 1.90. The summed E-state index contributed by atoms with van der Waals surface area (Å²) in [6.07, 6.45) is 0. The van der Waals surface area contributed by atoms with Gasteiger partial charge in [-0.05, 0) is 62.9 Å². The molecule has 0 aliphatic rings. The summed E-state index contributed by atoms with van der Waals surface area (Å²) in [4.78, 5) is 26.3. The van der Waals surface area contributed by atoms with Gasteiger partial charge in [0.15, 0.2) is 0 Å². The maximum absolute atomic E-state index is 12.2. The summed E-state index contributed by atoms with van der Waals surface area (Å²) in [6.45, 7) is 10.2. The molecule has 2 aromatic carbocycles. The lowest BCUT2D eigenvalue weighted by Gasteiger charge is -2.22. The van der Waals surface area contributed by atoms with Crippen LogP contribution in [-0.2, 0) is 9.59 Å². The van der Waals surface area contributed by atoms with E-state index in [4.69, 9.17) is 0 Å². The van der Waals surface area contributed by atoms with Gasteiger partial charge in [0, 0.05) is 18.4 Å². The third-order valence-electron chi connectivity index (χ3n) is 4.76. The van der Waals surface area contributed by atoms with Crippen molar-refractivity contribution in [2.45, 2.75) is 34.6 Å². The molecule has 0 saturated heterocycles. The normalized spacial score (nSPS) is 10.4. The van der Waals surface area contributed by atoms with Crippen LogP contribution in [0.3, 0.4) is 0 Å². The van der Waals surface area contributed by atoms with E-state index in [0.29, 0.717) is 0 Å². The van der Waals surface area contributed by atoms with E-state index in [2.05, 4.69) is 10.6 Å². The number of hydrogen-bond donors (Lipinski definition) is 2. The second kappa shape index (κ2) is 8.71. The zero-order valence-corrected chi connectivity index (χ0v) is 17.1. The lowest BCUT2D eigenvalue weighted by atomic mass is 10.1. The fourth-order valence-electron chi connectivity index (χ4n) is 3.25. The van der Waals surface area contributed by atoms with Gasteiger partial charge in [0.2, 0.25) is 11.8 Å². The first-order valence-electron chi connectivity index (χ1n) is 9.10. The van der Waals surface area contributed by atoms with Gasteiger partial charge in [0.05, 0.1) is 13.1 Å². The van der Waals surface area contributed by atoms with Gasteiger partial charge in [-0.15, -0.1) is 0 Å². The summed E-state index contributed by atoms with van der Waals surface area (Å²) in [7, 11) is 1.88. The van der Waals surface area contributed by atoms with Gasteiger partial charge in [-0.3, -0.25) is 9.59 Å². The summed E-state index contributed by atoms with van der Waals surface area (Å²) in [6, 6.07) is 10.1. The highest BCUT2D eigenvalue weighted by molar-refractivity contribution is 5.96. The van der Waals surface area contributed by atoms with Crippen molar-refractivity contribution < 1.29 is 9.59 Å². The number of carbonyl (C=O) groups excluding carboxylic acids is 2. The highest BCUT2D eigenvalue weighted by Gasteiger charge is 2.13. The molecule has 0 fully saturated rings. The number of amides is 2. The Labute approximate surface area is 161 Å². The lowest BCUT2D eigenvalue weighted by molar-refractivity contribution is -0.123. The Bertz CT molecular complexity index is 836. The molecule has 0 aliphatic heterocycles. The topological polar surface area (TPSA) is 61.4 Å². The van der Waals surface area contributed by atoms with Crippen molar-refractivity contribution in [3.63, 3.8) is 0 Å². The van der Waals surface area contributed by atoms with Gasteiger partial charge in [0.25, 0.3) is 0 Å². The van der Waals surface area contributed by atoms with E-state index in [0.717, 1.165) is 33.6 Å². The summed E-state index contributed by atoms with van der Waals surface area (Å²) in [5, 5.41) is 5.59. The van der Waals surface area contributed by atoms with Crippen LogP contribution in [0, 0.1) is 34.6 Å². The number of anilines is 2. The number of benzene rings is 2. The maximum atomic E-state index is 12.2. The Morgan fingerprint density at radius 1 is 0.926 bits per heavy atom. The summed E-state index contributed by atoms with van der Waals surface area (Å²) in [5.74, 6) is -0.418. The highest BCUT2D eigenvalue weighted by atomic mass is 16.2. The molecule has 0 atom stereocenters. The lowest BCUT2D eigenvalue weighted by Crippen LogP contribution is -2.39. The number of carbonyl (C=O) groups is 2. The Morgan fingerprint density at radius 3 is 2.19 bits per heavy atom. The quantitative estimate of drug-likeness (QED) is 0.822. The van der Waals surface area contributed by atoms with Crippen LogP contribution >= 0.6 is 0 Å². The molecule has 0 aromatic heterocycles. The van der Waals surface area contributed by atoms with Crippen molar-refractivity contribution in [2.24, 2.45) is 0 Å². The van der Waals surface area contributed by atoms with Gasteiger partial charge in [0.1, 0.15) is 0 Å². The van der Waals surface area contributed by atoms with Crippen molar-refractivity contribution in [2.75, 3.05) is 30.4 Å². The van der Waals surface area contributed by atoms with Crippen LogP contribution in [0.15, 0.2) is 30.3 Å². The van der Waals surface area contributed by atoms with E-state index in [1.165, 1.54) is 5.56 Å². The van der Waals surface area contributed by atoms with E-state index < -0.39 is 0 Å². The smallest absolute Gasteiger partial charge is 0.243 e. The summed E-state index contributed by atoms with van der Waals surface area (Å²) in [5.41, 5.74) is 7.35. The van der Waals surface area contributed by atoms with E-state index in [1.54, 1.807) is 0 Å². The molecule has 0 aliphatic carbocycles. The molecule has 2 N–H and O–H groups in total. The number of rotatable bonds is 6. The number of nitrogens with zero attached hydrogens (tertiary/aromatic N) is 1. The number of hydrogen-bond acceptors (Lipinski definition) is 3. The molecule has 2 amide bonds. The molecule has 0 heterocycles. The minimum atomic E-state index is -0.229. The molecular formula is C22H29N3O2. The van der Waals surface area contributed by atoms with Gasteiger partial charge in [-0.1, -0.05) is 29.8 Å². The van der Waals surface area contributed by atoms with Crippen molar-refractivity contribution in [1.29, 1.82) is 0 Å². The zero-order chi connectivity index (χ0) is 20.1. The molecule has 0 saturated carbocycles. The highest BCUT2D eigenvalue weighted by Crippen LogP contribution is 2.22. The van der Waals surface area contributed by atoms with Crippen molar-refractivity contribution >= 4 is 23.2 Å². The molecular weight excluding hydrogens is 338 g/mol. The molecule has 0 radical (unpaired) electrons. The van der Waals surface area contributed by atoms with Gasteiger partial charge < -0.3 is 15.5 Å². The Morgan fingerprint density at radius 2 is 1.56 bits per heavy atom. The van der Waals surface area contributed by atoms with Crippen LogP contribution in [0.4, 0.5) is 11.4 Å². The average Bonchev–Trinajstić information content (AvgIpc) is 2.58. The van der Waals surface area contributed by atoms with Crippen LogP contribution in [-0.4, -0.2) is 32.0 Å². The second-order valence-corrected chi connectivity index (χ2v) is 7.17. The summed E-state index contributed by atoms with van der Waals surface area (Å²) < 4.78 is 0. The molecule has 27 heavy (non-hydrogen) atoms. The largest absolute Gasteiger partial charge is 0.365 e. The molecule has 5 nitrogen and oxygen atoms in total. The van der Waals surface area contributed by atoms with Crippen molar-refractivity contribution in [3.8, 4) is 0 Å². The minimum Gasteiger partial charge on any atom is -0.365 e. The molecule has 0 bridgehead atoms. The monoisotopic (exact) mass is 367 g/mol. The molecule has 0 unspecified atom stereocenters. The third-order valence-corrected chi connectivity index (χ3v) is 4.76. The molecule has 2 aromatic rings. The number of likely N-dealkylation sites (N-methyl/N-ethyl adjacent to an activating group) is 1. The van der Waals surface area contributed by atoms with Gasteiger partial charge in [-0.25, -0.2) is 0 Å². The van der Waals surface area contributed by atoms with E-state index >= 15 is 0 Å². The fourth-order valence-corrected chi connectivity index (χ4v) is 3.25. The zero-order valence-electron chi connectivity index (χ0n) is 17.1. The van der Waals surface area contributed by atoms with Crippen LogP contribution in [0.25, 0.3) is 0 Å². The SMILES string of the molecule is Cc1cc(C)c(NC(=O)CNC(=O)CN(C)c2cccc(C)c2C)c(C)c1. The minimum absolute atomic E-state index is 0.0494. The Hall–Kier alpha value is -2.82. The molecule has 0 spiro atoms.